The number of fused-ring (bicyclic) bond motifs is 1. The molecular formula is C13H12N2O2. The number of amides is 1. The van der Waals surface area contributed by atoms with Crippen molar-refractivity contribution in [2.75, 3.05) is 4.90 Å². The van der Waals surface area contributed by atoms with Crippen LogP contribution in [0.1, 0.15) is 6.92 Å². The standard InChI is InChI=1S/C13H12N2O2/c1-10-6-5-9-14-12(10)15(13(16)17-14)11-7-3-2-4-8-11/h2-9,12H,1H3. The van der Waals surface area contributed by atoms with Gasteiger partial charge in [0.15, 0.2) is 6.17 Å². The van der Waals surface area contributed by atoms with E-state index in [1.807, 2.05) is 49.4 Å². The number of hydroxylamine groups is 2. The molecule has 3 rings (SSSR count). The molecule has 2 aliphatic heterocycles. The molecule has 2 heterocycles. The number of para-hydroxylation sites is 1. The fraction of sp³-hybridized carbons (Fsp3) is 0.154. The quantitative estimate of drug-likeness (QED) is 0.740. The van der Waals surface area contributed by atoms with Gasteiger partial charge in [-0.1, -0.05) is 24.3 Å². The topological polar surface area (TPSA) is 32.8 Å². The molecule has 0 N–H and O–H groups in total. The van der Waals surface area contributed by atoms with Gasteiger partial charge in [0, 0.05) is 11.9 Å². The van der Waals surface area contributed by atoms with Crippen molar-refractivity contribution in [1.29, 1.82) is 0 Å². The summed E-state index contributed by atoms with van der Waals surface area (Å²) >= 11 is 0. The van der Waals surface area contributed by atoms with E-state index in [2.05, 4.69) is 0 Å². The molecule has 0 aromatic heterocycles. The summed E-state index contributed by atoms with van der Waals surface area (Å²) in [4.78, 5) is 18.7. The third-order valence-corrected chi connectivity index (χ3v) is 2.90. The Bertz CT molecular complexity index is 507. The first-order valence-electron chi connectivity index (χ1n) is 5.47. The minimum Gasteiger partial charge on any atom is -0.319 e. The van der Waals surface area contributed by atoms with Crippen LogP contribution in [0.2, 0.25) is 0 Å². The van der Waals surface area contributed by atoms with Crippen LogP contribution in [0, 0.1) is 0 Å². The monoisotopic (exact) mass is 228 g/mol. The molecule has 0 aliphatic carbocycles. The molecule has 0 saturated carbocycles. The molecular weight excluding hydrogens is 216 g/mol. The Balaban J connectivity index is 2.02. The molecule has 0 radical (unpaired) electrons. The van der Waals surface area contributed by atoms with Gasteiger partial charge in [-0.05, 0) is 30.7 Å². The normalized spacial score (nSPS) is 22.3. The van der Waals surface area contributed by atoms with Crippen molar-refractivity contribution in [2.45, 2.75) is 13.1 Å². The average molecular weight is 228 g/mol. The first kappa shape index (κ1) is 9.96. The number of anilines is 1. The molecule has 1 atom stereocenters. The highest BCUT2D eigenvalue weighted by atomic mass is 16.7. The summed E-state index contributed by atoms with van der Waals surface area (Å²) in [7, 11) is 0. The van der Waals surface area contributed by atoms with Gasteiger partial charge in [0.2, 0.25) is 0 Å². The van der Waals surface area contributed by atoms with E-state index in [0.717, 1.165) is 11.3 Å². The van der Waals surface area contributed by atoms with Crippen LogP contribution < -0.4 is 4.90 Å². The number of rotatable bonds is 1. The lowest BCUT2D eigenvalue weighted by Gasteiger charge is -2.27. The van der Waals surface area contributed by atoms with E-state index >= 15 is 0 Å². The highest BCUT2D eigenvalue weighted by Gasteiger charge is 2.41. The van der Waals surface area contributed by atoms with Crippen molar-refractivity contribution in [2.24, 2.45) is 0 Å². The van der Waals surface area contributed by atoms with Crippen LogP contribution in [0.3, 0.4) is 0 Å². The van der Waals surface area contributed by atoms with Crippen LogP contribution in [0.4, 0.5) is 10.5 Å². The zero-order valence-corrected chi connectivity index (χ0v) is 9.41. The largest absolute Gasteiger partial charge is 0.440 e. The van der Waals surface area contributed by atoms with Gasteiger partial charge >= 0.3 is 6.09 Å². The average Bonchev–Trinajstić information content (AvgIpc) is 2.68. The number of nitrogens with zero attached hydrogens (tertiary/aromatic N) is 2. The van der Waals surface area contributed by atoms with Crippen LogP contribution in [-0.2, 0) is 4.84 Å². The van der Waals surface area contributed by atoms with Gasteiger partial charge in [-0.3, -0.25) is 0 Å². The minimum atomic E-state index is -0.347. The van der Waals surface area contributed by atoms with E-state index in [9.17, 15) is 4.79 Å². The second-order valence-corrected chi connectivity index (χ2v) is 4.05. The van der Waals surface area contributed by atoms with E-state index in [1.54, 1.807) is 16.2 Å². The van der Waals surface area contributed by atoms with Gasteiger partial charge in [-0.15, -0.1) is 0 Å². The molecule has 1 saturated heterocycles. The number of hydrogen-bond acceptors (Lipinski definition) is 3. The van der Waals surface area contributed by atoms with Crippen molar-refractivity contribution >= 4 is 11.8 Å². The second kappa shape index (κ2) is 3.66. The van der Waals surface area contributed by atoms with Crippen LogP contribution in [-0.4, -0.2) is 17.3 Å². The summed E-state index contributed by atoms with van der Waals surface area (Å²) in [6.45, 7) is 1.99. The molecule has 4 nitrogen and oxygen atoms in total. The van der Waals surface area contributed by atoms with Gasteiger partial charge in [-0.25, -0.2) is 9.69 Å². The lowest BCUT2D eigenvalue weighted by molar-refractivity contribution is -0.0352. The van der Waals surface area contributed by atoms with E-state index in [1.165, 1.54) is 0 Å². The third kappa shape index (κ3) is 1.49. The molecule has 1 aromatic carbocycles. The van der Waals surface area contributed by atoms with E-state index in [0.29, 0.717) is 0 Å². The highest BCUT2D eigenvalue weighted by Crippen LogP contribution is 2.31. The van der Waals surface area contributed by atoms with Crippen LogP contribution in [0.5, 0.6) is 0 Å². The Hall–Kier alpha value is -2.23. The number of carbonyl (C=O) groups is 1. The number of carbonyl (C=O) groups excluding carboxylic acids is 1. The zero-order chi connectivity index (χ0) is 11.8. The Labute approximate surface area is 99.3 Å². The van der Waals surface area contributed by atoms with Crippen molar-refractivity contribution in [3.63, 3.8) is 0 Å². The van der Waals surface area contributed by atoms with Crippen LogP contribution in [0.15, 0.2) is 54.3 Å². The maximum absolute atomic E-state index is 11.9. The molecule has 2 aliphatic rings. The maximum atomic E-state index is 11.9. The predicted octanol–water partition coefficient (Wildman–Crippen LogP) is 2.66. The molecule has 86 valence electrons. The summed E-state index contributed by atoms with van der Waals surface area (Å²) < 4.78 is 0. The molecule has 17 heavy (non-hydrogen) atoms. The predicted molar refractivity (Wildman–Crippen MR) is 63.9 cm³/mol. The van der Waals surface area contributed by atoms with E-state index in [4.69, 9.17) is 4.84 Å². The lowest BCUT2D eigenvalue weighted by Crippen LogP contribution is -2.39. The van der Waals surface area contributed by atoms with Crippen molar-refractivity contribution in [3.05, 3.63) is 54.3 Å². The van der Waals surface area contributed by atoms with Crippen molar-refractivity contribution < 1.29 is 9.63 Å². The summed E-state index contributed by atoms with van der Waals surface area (Å²) in [5, 5.41) is 1.57. The van der Waals surface area contributed by atoms with Gasteiger partial charge in [0.1, 0.15) is 0 Å². The first-order valence-corrected chi connectivity index (χ1v) is 5.47. The molecule has 4 heteroatoms. The second-order valence-electron chi connectivity index (χ2n) is 4.05. The highest BCUT2D eigenvalue weighted by molar-refractivity contribution is 5.90. The summed E-state index contributed by atoms with van der Waals surface area (Å²) in [5.74, 6) is 0. The van der Waals surface area contributed by atoms with Gasteiger partial charge in [0.05, 0.1) is 0 Å². The van der Waals surface area contributed by atoms with Gasteiger partial charge in [-0.2, -0.15) is 5.06 Å². The first-order chi connectivity index (χ1) is 8.27. The molecule has 1 fully saturated rings. The smallest absolute Gasteiger partial charge is 0.319 e. The SMILES string of the molecule is CC1=CC=CN2OC(=O)N(c3ccccc3)C12. The van der Waals surface area contributed by atoms with E-state index in [-0.39, 0.29) is 12.3 Å². The fourth-order valence-corrected chi connectivity index (χ4v) is 2.11. The van der Waals surface area contributed by atoms with Gasteiger partial charge in [0.25, 0.3) is 0 Å². The number of benzene rings is 1. The minimum absolute atomic E-state index is 0.171. The van der Waals surface area contributed by atoms with Crippen molar-refractivity contribution in [3.8, 4) is 0 Å². The number of allylic oxidation sites excluding steroid dienone is 2. The lowest BCUT2D eigenvalue weighted by atomic mass is 10.1. The molecule has 0 spiro atoms. The van der Waals surface area contributed by atoms with E-state index < -0.39 is 0 Å². The molecule has 0 bridgehead atoms. The van der Waals surface area contributed by atoms with Crippen LogP contribution >= 0.6 is 0 Å². The van der Waals surface area contributed by atoms with Gasteiger partial charge < -0.3 is 4.84 Å². The summed E-state index contributed by atoms with van der Waals surface area (Å²) in [6, 6.07) is 9.53. The zero-order valence-electron chi connectivity index (χ0n) is 9.41. The molecule has 1 aromatic rings. The van der Waals surface area contributed by atoms with Crippen LogP contribution in [0.25, 0.3) is 0 Å². The Morgan fingerprint density at radius 1 is 1.24 bits per heavy atom. The number of hydrogen-bond donors (Lipinski definition) is 0. The maximum Gasteiger partial charge on any atom is 0.440 e. The third-order valence-electron chi connectivity index (χ3n) is 2.90. The summed E-state index contributed by atoms with van der Waals surface area (Å²) in [6.07, 6.45) is 5.10. The Kier molecular flexibility index (Phi) is 2.14. The Morgan fingerprint density at radius 2 is 2.00 bits per heavy atom. The van der Waals surface area contributed by atoms with Crippen molar-refractivity contribution in [1.82, 2.24) is 5.06 Å². The Morgan fingerprint density at radius 3 is 2.76 bits per heavy atom. The molecule has 1 unspecified atom stereocenters. The molecule has 1 amide bonds. The fourth-order valence-electron chi connectivity index (χ4n) is 2.11. The summed E-state index contributed by atoms with van der Waals surface area (Å²) in [5.41, 5.74) is 1.91.